The van der Waals surface area contributed by atoms with Gasteiger partial charge in [-0.05, 0) is 38.8 Å². The number of carboxylic acid groups (broad SMARTS) is 1. The van der Waals surface area contributed by atoms with Crippen LogP contribution in [0.5, 0.6) is 0 Å². The fraction of sp³-hybridized carbons (Fsp3) is 0.909. The van der Waals surface area contributed by atoms with E-state index in [1.165, 1.54) is 6.42 Å². The molecule has 2 aliphatic rings. The Morgan fingerprint density at radius 3 is 2.53 bits per heavy atom. The third-order valence-corrected chi connectivity index (χ3v) is 3.53. The van der Waals surface area contributed by atoms with Gasteiger partial charge in [0.25, 0.3) is 0 Å². The molecule has 0 aromatic heterocycles. The number of hydrogen-bond acceptors (Lipinski definition) is 3. The van der Waals surface area contributed by atoms with E-state index in [9.17, 15) is 4.79 Å². The highest BCUT2D eigenvalue weighted by Crippen LogP contribution is 2.22. The summed E-state index contributed by atoms with van der Waals surface area (Å²) in [5.41, 5.74) is 0. The van der Waals surface area contributed by atoms with E-state index in [-0.39, 0.29) is 5.92 Å². The lowest BCUT2D eigenvalue weighted by atomic mass is 9.95. The van der Waals surface area contributed by atoms with Gasteiger partial charge in [-0.3, -0.25) is 9.69 Å². The van der Waals surface area contributed by atoms with E-state index in [1.807, 2.05) is 0 Å². The fourth-order valence-electron chi connectivity index (χ4n) is 2.52. The minimum atomic E-state index is -0.630. The first-order valence-electron chi connectivity index (χ1n) is 5.82. The molecule has 1 unspecified atom stereocenters. The van der Waals surface area contributed by atoms with Crippen LogP contribution in [-0.4, -0.2) is 48.3 Å². The highest BCUT2D eigenvalue weighted by Gasteiger charge is 2.29. The number of carboxylic acids is 1. The quantitative estimate of drug-likeness (QED) is 0.742. The standard InChI is InChI=1S/C11H19NO3/c13-11(14)9-3-5-12(6-4-9)10-2-1-7-15-8-10/h9-10H,1-8H2,(H,13,14). The van der Waals surface area contributed by atoms with Crippen LogP contribution in [0.4, 0.5) is 0 Å². The molecule has 4 heteroatoms. The average molecular weight is 213 g/mol. The van der Waals surface area contributed by atoms with Gasteiger partial charge in [-0.2, -0.15) is 0 Å². The second-order valence-corrected chi connectivity index (χ2v) is 4.52. The van der Waals surface area contributed by atoms with Gasteiger partial charge in [0.1, 0.15) is 0 Å². The third-order valence-electron chi connectivity index (χ3n) is 3.53. The Kier molecular flexibility index (Phi) is 3.59. The van der Waals surface area contributed by atoms with Crippen molar-refractivity contribution in [3.05, 3.63) is 0 Å². The maximum Gasteiger partial charge on any atom is 0.306 e. The molecule has 86 valence electrons. The molecular weight excluding hydrogens is 194 g/mol. The SMILES string of the molecule is O=C(O)C1CCN(C2CCCOC2)CC1. The van der Waals surface area contributed by atoms with Crippen LogP contribution in [-0.2, 0) is 9.53 Å². The molecule has 0 aliphatic carbocycles. The van der Waals surface area contributed by atoms with Gasteiger partial charge < -0.3 is 9.84 Å². The minimum Gasteiger partial charge on any atom is -0.481 e. The summed E-state index contributed by atoms with van der Waals surface area (Å²) in [5, 5.41) is 8.89. The lowest BCUT2D eigenvalue weighted by molar-refractivity contribution is -0.143. The van der Waals surface area contributed by atoms with E-state index in [1.54, 1.807) is 0 Å². The molecule has 0 amide bonds. The normalized spacial score (nSPS) is 30.3. The van der Waals surface area contributed by atoms with Crippen molar-refractivity contribution in [1.29, 1.82) is 0 Å². The zero-order valence-electron chi connectivity index (χ0n) is 9.02. The molecule has 0 bridgehead atoms. The molecule has 2 fully saturated rings. The number of likely N-dealkylation sites (tertiary alicyclic amines) is 1. The van der Waals surface area contributed by atoms with E-state index in [0.29, 0.717) is 6.04 Å². The summed E-state index contributed by atoms with van der Waals surface area (Å²) in [6.45, 7) is 3.57. The first-order chi connectivity index (χ1) is 7.27. The van der Waals surface area contributed by atoms with Crippen LogP contribution in [0.2, 0.25) is 0 Å². The molecule has 0 spiro atoms. The molecule has 2 rings (SSSR count). The van der Waals surface area contributed by atoms with Crippen molar-refractivity contribution in [2.24, 2.45) is 5.92 Å². The summed E-state index contributed by atoms with van der Waals surface area (Å²) in [6, 6.07) is 0.536. The van der Waals surface area contributed by atoms with E-state index in [4.69, 9.17) is 9.84 Å². The van der Waals surface area contributed by atoms with Crippen molar-refractivity contribution in [1.82, 2.24) is 4.90 Å². The molecular formula is C11H19NO3. The van der Waals surface area contributed by atoms with E-state index >= 15 is 0 Å². The topological polar surface area (TPSA) is 49.8 Å². The summed E-state index contributed by atoms with van der Waals surface area (Å²) in [6.07, 6.45) is 3.94. The van der Waals surface area contributed by atoms with Gasteiger partial charge >= 0.3 is 5.97 Å². The molecule has 1 atom stereocenters. The van der Waals surface area contributed by atoms with Gasteiger partial charge in [0, 0.05) is 12.6 Å². The molecule has 4 nitrogen and oxygen atoms in total. The van der Waals surface area contributed by atoms with Crippen LogP contribution >= 0.6 is 0 Å². The van der Waals surface area contributed by atoms with Crippen LogP contribution in [0.1, 0.15) is 25.7 Å². The Morgan fingerprint density at radius 1 is 1.27 bits per heavy atom. The zero-order valence-corrected chi connectivity index (χ0v) is 9.02. The number of carbonyl (C=O) groups is 1. The van der Waals surface area contributed by atoms with E-state index < -0.39 is 5.97 Å². The Morgan fingerprint density at radius 2 is 2.00 bits per heavy atom. The predicted molar refractivity (Wildman–Crippen MR) is 55.8 cm³/mol. The van der Waals surface area contributed by atoms with Gasteiger partial charge in [-0.15, -0.1) is 0 Å². The van der Waals surface area contributed by atoms with Crippen molar-refractivity contribution < 1.29 is 14.6 Å². The van der Waals surface area contributed by atoms with Crippen LogP contribution < -0.4 is 0 Å². The van der Waals surface area contributed by atoms with Crippen molar-refractivity contribution >= 4 is 5.97 Å². The third kappa shape index (κ3) is 2.69. The second kappa shape index (κ2) is 4.94. The van der Waals surface area contributed by atoms with E-state index in [2.05, 4.69) is 4.90 Å². The molecule has 0 radical (unpaired) electrons. The summed E-state index contributed by atoms with van der Waals surface area (Å²) in [5.74, 6) is -0.750. The lowest BCUT2D eigenvalue weighted by Gasteiger charge is -2.38. The van der Waals surface area contributed by atoms with Crippen molar-refractivity contribution in [3.63, 3.8) is 0 Å². The van der Waals surface area contributed by atoms with Gasteiger partial charge in [-0.25, -0.2) is 0 Å². The minimum absolute atomic E-state index is 0.120. The van der Waals surface area contributed by atoms with Crippen molar-refractivity contribution in [3.8, 4) is 0 Å². The number of hydrogen-bond donors (Lipinski definition) is 1. The number of nitrogens with zero attached hydrogens (tertiary/aromatic N) is 1. The molecule has 2 heterocycles. The Balaban J connectivity index is 1.79. The summed E-state index contributed by atoms with van der Waals surface area (Å²) >= 11 is 0. The summed E-state index contributed by atoms with van der Waals surface area (Å²) < 4.78 is 5.45. The first kappa shape index (κ1) is 10.9. The molecule has 15 heavy (non-hydrogen) atoms. The highest BCUT2D eigenvalue weighted by atomic mass is 16.5. The predicted octanol–water partition coefficient (Wildman–Crippen LogP) is 0.962. The maximum atomic E-state index is 10.8. The zero-order chi connectivity index (χ0) is 10.7. The fourth-order valence-corrected chi connectivity index (χ4v) is 2.52. The van der Waals surface area contributed by atoms with Gasteiger partial charge in [0.2, 0.25) is 0 Å². The molecule has 2 aliphatic heterocycles. The average Bonchev–Trinajstić information content (AvgIpc) is 2.30. The largest absolute Gasteiger partial charge is 0.481 e. The highest BCUT2D eigenvalue weighted by molar-refractivity contribution is 5.70. The lowest BCUT2D eigenvalue weighted by Crippen LogP contribution is -2.46. The number of rotatable bonds is 2. The van der Waals surface area contributed by atoms with E-state index in [0.717, 1.165) is 45.6 Å². The second-order valence-electron chi connectivity index (χ2n) is 4.52. The maximum absolute atomic E-state index is 10.8. The molecule has 1 N–H and O–H groups in total. The van der Waals surface area contributed by atoms with Crippen molar-refractivity contribution in [2.75, 3.05) is 26.3 Å². The van der Waals surface area contributed by atoms with Gasteiger partial charge in [0.05, 0.1) is 12.5 Å². The Bertz CT molecular complexity index is 218. The summed E-state index contributed by atoms with van der Waals surface area (Å²) in [7, 11) is 0. The van der Waals surface area contributed by atoms with Crippen LogP contribution in [0, 0.1) is 5.92 Å². The Labute approximate surface area is 90.2 Å². The van der Waals surface area contributed by atoms with Crippen LogP contribution in [0.3, 0.4) is 0 Å². The Hall–Kier alpha value is -0.610. The number of piperidine rings is 1. The summed E-state index contributed by atoms with van der Waals surface area (Å²) in [4.78, 5) is 13.2. The molecule has 0 aromatic rings. The van der Waals surface area contributed by atoms with Gasteiger partial charge in [0.15, 0.2) is 0 Å². The van der Waals surface area contributed by atoms with Crippen LogP contribution in [0.25, 0.3) is 0 Å². The van der Waals surface area contributed by atoms with Crippen molar-refractivity contribution in [2.45, 2.75) is 31.7 Å². The number of aliphatic carboxylic acids is 1. The smallest absolute Gasteiger partial charge is 0.306 e. The van der Waals surface area contributed by atoms with Crippen LogP contribution in [0.15, 0.2) is 0 Å². The first-order valence-corrected chi connectivity index (χ1v) is 5.82. The molecule has 2 saturated heterocycles. The molecule has 0 aromatic carbocycles. The van der Waals surface area contributed by atoms with Gasteiger partial charge in [-0.1, -0.05) is 0 Å². The number of ether oxygens (including phenoxy) is 1. The monoisotopic (exact) mass is 213 g/mol. The molecule has 0 saturated carbocycles.